The summed E-state index contributed by atoms with van der Waals surface area (Å²) in [5.74, 6) is -0.0375. The number of aliphatic hydroxyl groups excluding tert-OH is 1. The first-order valence-corrected chi connectivity index (χ1v) is 8.34. The Labute approximate surface area is 131 Å². The van der Waals surface area contributed by atoms with Gasteiger partial charge < -0.3 is 10.0 Å². The molecule has 6 heteroatoms. The summed E-state index contributed by atoms with van der Waals surface area (Å²) in [7, 11) is 1.77. The molecule has 1 unspecified atom stereocenters. The predicted molar refractivity (Wildman–Crippen MR) is 83.6 cm³/mol. The van der Waals surface area contributed by atoms with Crippen molar-refractivity contribution in [1.82, 2.24) is 19.6 Å². The summed E-state index contributed by atoms with van der Waals surface area (Å²) in [5, 5.41) is 14.4. The van der Waals surface area contributed by atoms with E-state index in [2.05, 4.69) is 10.00 Å². The lowest BCUT2D eigenvalue weighted by molar-refractivity contribution is 0.0636. The molecule has 0 spiro atoms. The first-order chi connectivity index (χ1) is 10.6. The van der Waals surface area contributed by atoms with Crippen molar-refractivity contribution >= 4 is 5.91 Å². The zero-order valence-electron chi connectivity index (χ0n) is 13.3. The molecule has 1 aromatic rings. The van der Waals surface area contributed by atoms with E-state index in [-0.39, 0.29) is 5.91 Å². The SMILES string of the molecule is Cn1nccc1C(=O)N1CCN(C2CCCCC2)CC(O)C1. The molecule has 2 fully saturated rings. The van der Waals surface area contributed by atoms with Gasteiger partial charge in [0, 0.05) is 45.5 Å². The number of carbonyl (C=O) groups excluding carboxylic acids is 1. The van der Waals surface area contributed by atoms with E-state index in [0.717, 1.165) is 6.54 Å². The summed E-state index contributed by atoms with van der Waals surface area (Å²) < 4.78 is 1.60. The number of nitrogens with zero attached hydrogens (tertiary/aromatic N) is 4. The van der Waals surface area contributed by atoms with Crippen molar-refractivity contribution in [3.8, 4) is 0 Å². The molecule has 1 aliphatic carbocycles. The minimum absolute atomic E-state index is 0.0375. The Morgan fingerprint density at radius 3 is 2.68 bits per heavy atom. The lowest BCUT2D eigenvalue weighted by Gasteiger charge is -2.33. The number of hydrogen-bond acceptors (Lipinski definition) is 4. The smallest absolute Gasteiger partial charge is 0.272 e. The van der Waals surface area contributed by atoms with Crippen molar-refractivity contribution in [1.29, 1.82) is 0 Å². The van der Waals surface area contributed by atoms with E-state index in [1.807, 2.05) is 0 Å². The van der Waals surface area contributed by atoms with Gasteiger partial charge in [0.1, 0.15) is 5.69 Å². The van der Waals surface area contributed by atoms with Gasteiger partial charge in [-0.25, -0.2) is 0 Å². The molecule has 1 amide bonds. The summed E-state index contributed by atoms with van der Waals surface area (Å²) in [6.45, 7) is 2.62. The summed E-state index contributed by atoms with van der Waals surface area (Å²) in [6, 6.07) is 2.31. The number of aliphatic hydroxyl groups is 1. The van der Waals surface area contributed by atoms with Gasteiger partial charge in [-0.05, 0) is 18.9 Å². The number of aromatic nitrogens is 2. The second kappa shape index (κ2) is 6.79. The van der Waals surface area contributed by atoms with Gasteiger partial charge >= 0.3 is 0 Å². The van der Waals surface area contributed by atoms with E-state index in [1.54, 1.807) is 28.9 Å². The van der Waals surface area contributed by atoms with Gasteiger partial charge in [-0.3, -0.25) is 14.4 Å². The number of amides is 1. The van der Waals surface area contributed by atoms with Gasteiger partial charge in [0.2, 0.25) is 0 Å². The highest BCUT2D eigenvalue weighted by Crippen LogP contribution is 2.23. The summed E-state index contributed by atoms with van der Waals surface area (Å²) >= 11 is 0. The Hall–Kier alpha value is -1.40. The zero-order valence-corrected chi connectivity index (χ0v) is 13.3. The van der Waals surface area contributed by atoms with Crippen LogP contribution in [0.3, 0.4) is 0 Å². The minimum atomic E-state index is -0.471. The summed E-state index contributed by atoms with van der Waals surface area (Å²) in [6.07, 6.45) is 7.52. The number of aryl methyl sites for hydroxylation is 1. The molecule has 22 heavy (non-hydrogen) atoms. The number of hydrogen-bond donors (Lipinski definition) is 1. The molecule has 1 saturated carbocycles. The fraction of sp³-hybridized carbons (Fsp3) is 0.750. The van der Waals surface area contributed by atoms with Crippen LogP contribution in [0.4, 0.5) is 0 Å². The van der Waals surface area contributed by atoms with Gasteiger partial charge in [0.25, 0.3) is 5.91 Å². The van der Waals surface area contributed by atoms with E-state index in [1.165, 1.54) is 32.1 Å². The van der Waals surface area contributed by atoms with E-state index < -0.39 is 6.10 Å². The number of rotatable bonds is 2. The van der Waals surface area contributed by atoms with Crippen molar-refractivity contribution < 1.29 is 9.90 Å². The second-order valence-corrected chi connectivity index (χ2v) is 6.53. The van der Waals surface area contributed by atoms with Gasteiger partial charge in [0.15, 0.2) is 0 Å². The van der Waals surface area contributed by atoms with E-state index in [0.29, 0.717) is 31.4 Å². The van der Waals surface area contributed by atoms with Crippen molar-refractivity contribution in [2.75, 3.05) is 26.2 Å². The third-order valence-corrected chi connectivity index (χ3v) is 4.95. The van der Waals surface area contributed by atoms with Crippen LogP contribution in [0.2, 0.25) is 0 Å². The average Bonchev–Trinajstić information content (AvgIpc) is 2.85. The van der Waals surface area contributed by atoms with E-state index in [9.17, 15) is 9.90 Å². The van der Waals surface area contributed by atoms with Gasteiger partial charge in [-0.1, -0.05) is 19.3 Å². The Balaban J connectivity index is 1.66. The zero-order chi connectivity index (χ0) is 15.5. The first-order valence-electron chi connectivity index (χ1n) is 8.34. The van der Waals surface area contributed by atoms with Gasteiger partial charge in [0.05, 0.1) is 6.10 Å². The molecule has 1 saturated heterocycles. The van der Waals surface area contributed by atoms with Crippen LogP contribution in [0.5, 0.6) is 0 Å². The highest BCUT2D eigenvalue weighted by atomic mass is 16.3. The third kappa shape index (κ3) is 3.33. The minimum Gasteiger partial charge on any atom is -0.390 e. The van der Waals surface area contributed by atoms with Gasteiger partial charge in [-0.15, -0.1) is 0 Å². The lowest BCUT2D eigenvalue weighted by Crippen LogP contribution is -2.41. The van der Waals surface area contributed by atoms with Gasteiger partial charge in [-0.2, -0.15) is 5.10 Å². The quantitative estimate of drug-likeness (QED) is 0.881. The molecule has 1 aromatic heterocycles. The Morgan fingerprint density at radius 2 is 2.00 bits per heavy atom. The maximum Gasteiger partial charge on any atom is 0.272 e. The molecule has 1 N–H and O–H groups in total. The average molecular weight is 306 g/mol. The number of carbonyl (C=O) groups is 1. The fourth-order valence-corrected chi connectivity index (χ4v) is 3.72. The Bertz CT molecular complexity index is 510. The molecule has 1 aliphatic heterocycles. The van der Waals surface area contributed by atoms with Crippen LogP contribution < -0.4 is 0 Å². The van der Waals surface area contributed by atoms with Crippen molar-refractivity contribution in [3.05, 3.63) is 18.0 Å². The summed E-state index contributed by atoms with van der Waals surface area (Å²) in [4.78, 5) is 16.8. The van der Waals surface area contributed by atoms with Crippen LogP contribution in [-0.4, -0.2) is 68.9 Å². The van der Waals surface area contributed by atoms with Crippen molar-refractivity contribution in [2.45, 2.75) is 44.2 Å². The molecular weight excluding hydrogens is 280 g/mol. The van der Waals surface area contributed by atoms with Crippen molar-refractivity contribution in [3.63, 3.8) is 0 Å². The first kappa shape index (κ1) is 15.5. The topological polar surface area (TPSA) is 61.6 Å². The maximum atomic E-state index is 12.6. The Kier molecular flexibility index (Phi) is 4.78. The monoisotopic (exact) mass is 306 g/mol. The van der Waals surface area contributed by atoms with E-state index >= 15 is 0 Å². The number of β-amino-alcohol motifs (C(OH)–C–C–N with tert-alkyl or cyclic N) is 1. The molecule has 6 nitrogen and oxygen atoms in total. The molecular formula is C16H26N4O2. The summed E-state index contributed by atoms with van der Waals surface area (Å²) in [5.41, 5.74) is 0.582. The molecule has 2 heterocycles. The molecule has 0 radical (unpaired) electrons. The Morgan fingerprint density at radius 1 is 1.23 bits per heavy atom. The maximum absolute atomic E-state index is 12.6. The standard InChI is InChI=1S/C16H26N4O2/c1-18-15(7-8-17-18)16(22)20-10-9-19(11-14(21)12-20)13-5-3-2-4-6-13/h7-8,13-14,21H,2-6,9-12H2,1H3. The normalized spacial score (nSPS) is 25.2. The molecule has 0 aromatic carbocycles. The van der Waals surface area contributed by atoms with Crippen LogP contribution in [0.15, 0.2) is 12.3 Å². The van der Waals surface area contributed by atoms with Crippen LogP contribution in [0, 0.1) is 0 Å². The highest BCUT2D eigenvalue weighted by molar-refractivity contribution is 5.92. The predicted octanol–water partition coefficient (Wildman–Crippen LogP) is 0.871. The second-order valence-electron chi connectivity index (χ2n) is 6.53. The van der Waals surface area contributed by atoms with Crippen LogP contribution in [0.25, 0.3) is 0 Å². The molecule has 122 valence electrons. The lowest BCUT2D eigenvalue weighted by atomic mass is 9.94. The van der Waals surface area contributed by atoms with E-state index in [4.69, 9.17) is 0 Å². The van der Waals surface area contributed by atoms with Crippen LogP contribution in [-0.2, 0) is 7.05 Å². The fourth-order valence-electron chi connectivity index (χ4n) is 3.72. The molecule has 1 atom stereocenters. The van der Waals surface area contributed by atoms with Crippen LogP contribution >= 0.6 is 0 Å². The molecule has 3 rings (SSSR count). The van der Waals surface area contributed by atoms with Crippen LogP contribution in [0.1, 0.15) is 42.6 Å². The largest absolute Gasteiger partial charge is 0.390 e. The third-order valence-electron chi connectivity index (χ3n) is 4.95. The molecule has 0 bridgehead atoms. The van der Waals surface area contributed by atoms with Crippen molar-refractivity contribution in [2.24, 2.45) is 7.05 Å². The highest BCUT2D eigenvalue weighted by Gasteiger charge is 2.30. The molecule has 2 aliphatic rings.